The van der Waals surface area contributed by atoms with Crippen LogP contribution >= 0.6 is 11.3 Å². The van der Waals surface area contributed by atoms with E-state index in [1.54, 1.807) is 4.90 Å². The van der Waals surface area contributed by atoms with Crippen molar-refractivity contribution >= 4 is 29.1 Å². The number of piperidine rings is 1. The highest BCUT2D eigenvalue weighted by molar-refractivity contribution is 7.12. The van der Waals surface area contributed by atoms with E-state index in [-0.39, 0.29) is 41.9 Å². The first kappa shape index (κ1) is 21.3. The molecule has 1 aromatic heterocycles. The summed E-state index contributed by atoms with van der Waals surface area (Å²) >= 11 is 1.42. The highest BCUT2D eigenvalue weighted by Gasteiger charge is 2.39. The van der Waals surface area contributed by atoms with Crippen LogP contribution in [0.1, 0.15) is 49.2 Å². The molecular weight excluding hydrogens is 402 g/mol. The predicted octanol–water partition coefficient (Wildman–Crippen LogP) is 2.23. The Kier molecular flexibility index (Phi) is 6.43. The lowest BCUT2D eigenvalue weighted by Gasteiger charge is -2.40. The van der Waals surface area contributed by atoms with Crippen molar-refractivity contribution in [3.8, 4) is 0 Å². The Morgan fingerprint density at radius 2 is 1.67 bits per heavy atom. The molecule has 8 heteroatoms. The number of carbonyl (C=O) groups is 3. The van der Waals surface area contributed by atoms with Crippen LogP contribution in [0.4, 0.5) is 0 Å². The number of morpholine rings is 1. The van der Waals surface area contributed by atoms with Crippen molar-refractivity contribution in [1.82, 2.24) is 14.7 Å². The fourth-order valence-electron chi connectivity index (χ4n) is 4.98. The predicted molar refractivity (Wildman–Crippen MR) is 114 cm³/mol. The Bertz CT molecular complexity index is 765. The topological polar surface area (TPSA) is 70.2 Å². The fraction of sp³-hybridized carbons (Fsp3) is 0.682. The molecule has 1 aromatic rings. The molecule has 30 heavy (non-hydrogen) atoms. The van der Waals surface area contributed by atoms with E-state index in [1.165, 1.54) is 11.3 Å². The molecule has 0 aliphatic carbocycles. The number of rotatable bonds is 3. The second-order valence-electron chi connectivity index (χ2n) is 8.73. The third kappa shape index (κ3) is 4.39. The Morgan fingerprint density at radius 1 is 0.967 bits per heavy atom. The van der Waals surface area contributed by atoms with Crippen molar-refractivity contribution in [2.24, 2.45) is 5.92 Å². The molecule has 3 aliphatic rings. The van der Waals surface area contributed by atoms with Gasteiger partial charge in [0.25, 0.3) is 5.91 Å². The second kappa shape index (κ2) is 9.06. The van der Waals surface area contributed by atoms with Crippen molar-refractivity contribution in [2.45, 2.75) is 57.8 Å². The van der Waals surface area contributed by atoms with Gasteiger partial charge in [-0.25, -0.2) is 0 Å². The van der Waals surface area contributed by atoms with Crippen LogP contribution in [-0.2, 0) is 14.3 Å². The van der Waals surface area contributed by atoms with E-state index in [4.69, 9.17) is 4.74 Å². The SMILES string of the molecule is CC1CN(C(=O)C2CCN(C(=O)[C@@H]3CCCN3C(=O)c3cccs3)CC2)CC(C)O1. The molecule has 0 saturated carbocycles. The number of amides is 3. The van der Waals surface area contributed by atoms with Gasteiger partial charge >= 0.3 is 0 Å². The summed E-state index contributed by atoms with van der Waals surface area (Å²) in [4.78, 5) is 45.1. The van der Waals surface area contributed by atoms with Crippen LogP contribution in [0.3, 0.4) is 0 Å². The van der Waals surface area contributed by atoms with Gasteiger partial charge < -0.3 is 19.4 Å². The molecule has 0 aromatic carbocycles. The summed E-state index contributed by atoms with van der Waals surface area (Å²) in [5.74, 6) is 0.164. The zero-order valence-corrected chi connectivity index (χ0v) is 18.6. The molecule has 0 bridgehead atoms. The normalized spacial score (nSPS) is 28.1. The van der Waals surface area contributed by atoms with Gasteiger partial charge in [0.2, 0.25) is 11.8 Å². The lowest BCUT2D eigenvalue weighted by atomic mass is 9.94. The largest absolute Gasteiger partial charge is 0.372 e. The van der Waals surface area contributed by atoms with Gasteiger partial charge in [-0.3, -0.25) is 14.4 Å². The average Bonchev–Trinajstić information content (AvgIpc) is 3.44. The Labute approximate surface area is 182 Å². The first-order valence-corrected chi connectivity index (χ1v) is 11.9. The second-order valence-corrected chi connectivity index (χ2v) is 9.68. The summed E-state index contributed by atoms with van der Waals surface area (Å²) in [6, 6.07) is 3.31. The van der Waals surface area contributed by atoms with E-state index in [1.807, 2.05) is 41.2 Å². The van der Waals surface area contributed by atoms with E-state index in [9.17, 15) is 14.4 Å². The first-order chi connectivity index (χ1) is 14.4. The van der Waals surface area contributed by atoms with Crippen LogP contribution in [-0.4, -0.2) is 83.4 Å². The van der Waals surface area contributed by atoms with Gasteiger partial charge in [0.05, 0.1) is 17.1 Å². The minimum Gasteiger partial charge on any atom is -0.372 e. The van der Waals surface area contributed by atoms with E-state index in [0.29, 0.717) is 50.4 Å². The molecule has 7 nitrogen and oxygen atoms in total. The number of likely N-dealkylation sites (tertiary alicyclic amines) is 2. The summed E-state index contributed by atoms with van der Waals surface area (Å²) in [6.45, 7) is 7.10. The lowest BCUT2D eigenvalue weighted by Crippen LogP contribution is -2.53. The van der Waals surface area contributed by atoms with Gasteiger partial charge in [0, 0.05) is 38.6 Å². The maximum absolute atomic E-state index is 13.2. The van der Waals surface area contributed by atoms with Crippen LogP contribution in [0.15, 0.2) is 17.5 Å². The number of ether oxygens (including phenoxy) is 1. The number of thiophene rings is 1. The van der Waals surface area contributed by atoms with Crippen molar-refractivity contribution in [1.29, 1.82) is 0 Å². The maximum atomic E-state index is 13.2. The molecule has 3 atom stereocenters. The number of hydrogen-bond acceptors (Lipinski definition) is 5. The van der Waals surface area contributed by atoms with Gasteiger partial charge in [0.15, 0.2) is 0 Å². The van der Waals surface area contributed by atoms with Crippen LogP contribution in [0.25, 0.3) is 0 Å². The summed E-state index contributed by atoms with van der Waals surface area (Å²) in [7, 11) is 0. The average molecular weight is 434 g/mol. The van der Waals surface area contributed by atoms with Crippen molar-refractivity contribution in [3.63, 3.8) is 0 Å². The Hall–Kier alpha value is -1.93. The van der Waals surface area contributed by atoms with Crippen molar-refractivity contribution in [2.75, 3.05) is 32.7 Å². The van der Waals surface area contributed by atoms with Gasteiger partial charge in [-0.15, -0.1) is 11.3 Å². The molecule has 0 N–H and O–H groups in total. The van der Waals surface area contributed by atoms with Gasteiger partial charge in [0.1, 0.15) is 6.04 Å². The number of nitrogens with zero attached hydrogens (tertiary/aromatic N) is 3. The standard InChI is InChI=1S/C22H31N3O4S/c1-15-13-24(14-16(2)29-15)20(26)17-7-10-23(11-8-17)21(27)18-5-3-9-25(18)22(28)19-6-4-12-30-19/h4,6,12,15-18H,3,5,7-11,13-14H2,1-2H3/t15?,16?,18-/m0/s1. The molecular formula is C22H31N3O4S. The van der Waals surface area contributed by atoms with Gasteiger partial charge in [-0.2, -0.15) is 0 Å². The summed E-state index contributed by atoms with van der Waals surface area (Å²) < 4.78 is 5.74. The lowest BCUT2D eigenvalue weighted by molar-refractivity contribution is -0.150. The van der Waals surface area contributed by atoms with Crippen molar-refractivity contribution in [3.05, 3.63) is 22.4 Å². The molecule has 3 saturated heterocycles. The van der Waals surface area contributed by atoms with Crippen molar-refractivity contribution < 1.29 is 19.1 Å². The first-order valence-electron chi connectivity index (χ1n) is 11.0. The Morgan fingerprint density at radius 3 is 2.30 bits per heavy atom. The Balaban J connectivity index is 1.33. The van der Waals surface area contributed by atoms with Crippen LogP contribution in [0.2, 0.25) is 0 Å². The molecule has 164 valence electrons. The highest BCUT2D eigenvalue weighted by Crippen LogP contribution is 2.27. The zero-order chi connectivity index (χ0) is 21.3. The molecule has 0 radical (unpaired) electrons. The highest BCUT2D eigenvalue weighted by atomic mass is 32.1. The number of hydrogen-bond donors (Lipinski definition) is 0. The van der Waals surface area contributed by atoms with E-state index in [0.717, 1.165) is 12.8 Å². The van der Waals surface area contributed by atoms with E-state index in [2.05, 4.69) is 0 Å². The minimum absolute atomic E-state index is 0.0287. The molecule has 0 spiro atoms. The van der Waals surface area contributed by atoms with E-state index >= 15 is 0 Å². The monoisotopic (exact) mass is 433 g/mol. The van der Waals surface area contributed by atoms with Crippen LogP contribution in [0, 0.1) is 5.92 Å². The van der Waals surface area contributed by atoms with Gasteiger partial charge in [-0.1, -0.05) is 6.07 Å². The molecule has 3 fully saturated rings. The smallest absolute Gasteiger partial charge is 0.264 e. The van der Waals surface area contributed by atoms with Crippen LogP contribution in [0.5, 0.6) is 0 Å². The summed E-state index contributed by atoms with van der Waals surface area (Å²) in [5, 5.41) is 1.89. The summed E-state index contributed by atoms with van der Waals surface area (Å²) in [6.07, 6.45) is 3.09. The molecule has 2 unspecified atom stereocenters. The van der Waals surface area contributed by atoms with E-state index < -0.39 is 0 Å². The maximum Gasteiger partial charge on any atom is 0.264 e. The fourth-order valence-corrected chi connectivity index (χ4v) is 5.66. The molecule has 4 rings (SSSR count). The summed E-state index contributed by atoms with van der Waals surface area (Å²) in [5.41, 5.74) is 0. The third-order valence-corrected chi connectivity index (χ3v) is 7.28. The zero-order valence-electron chi connectivity index (χ0n) is 17.8. The van der Waals surface area contributed by atoms with Crippen LogP contribution < -0.4 is 0 Å². The number of carbonyl (C=O) groups excluding carboxylic acids is 3. The quantitative estimate of drug-likeness (QED) is 0.733. The third-order valence-electron chi connectivity index (χ3n) is 6.42. The van der Waals surface area contributed by atoms with Gasteiger partial charge in [-0.05, 0) is 51.0 Å². The molecule has 4 heterocycles. The molecule has 3 aliphatic heterocycles. The molecule has 3 amide bonds. The minimum atomic E-state index is -0.368.